The largest absolute Gasteiger partial charge is 0.466 e. The van der Waals surface area contributed by atoms with Gasteiger partial charge in [-0.15, -0.1) is 0 Å². The van der Waals surface area contributed by atoms with Crippen LogP contribution in [0.25, 0.3) is 0 Å². The third-order valence-corrected chi connectivity index (χ3v) is 2.97. The first-order valence-electron chi connectivity index (χ1n) is 7.68. The van der Waals surface area contributed by atoms with Crippen molar-refractivity contribution in [2.75, 3.05) is 6.61 Å². The number of carbonyl (C=O) groups is 2. The molecule has 0 rings (SSSR count). The minimum absolute atomic E-state index is 0.0307. The van der Waals surface area contributed by atoms with Crippen molar-refractivity contribution >= 4 is 11.9 Å². The van der Waals surface area contributed by atoms with E-state index in [-0.39, 0.29) is 17.9 Å². The molecule has 0 N–H and O–H groups in total. The summed E-state index contributed by atoms with van der Waals surface area (Å²) in [5.74, 6) is -0.270. The fourth-order valence-corrected chi connectivity index (χ4v) is 1.94. The number of hydrogen-bond donors (Lipinski definition) is 0. The maximum atomic E-state index is 12.0. The maximum absolute atomic E-state index is 12.0. The highest BCUT2D eigenvalue weighted by Crippen LogP contribution is 2.19. The molecule has 0 heterocycles. The van der Waals surface area contributed by atoms with Crippen molar-refractivity contribution in [3.63, 3.8) is 0 Å². The lowest BCUT2D eigenvalue weighted by molar-refractivity contribution is -0.160. The van der Waals surface area contributed by atoms with Gasteiger partial charge in [0, 0.05) is 6.42 Å². The first-order chi connectivity index (χ1) is 9.30. The summed E-state index contributed by atoms with van der Waals surface area (Å²) >= 11 is 0. The normalized spacial score (nSPS) is 12.8. The molecule has 0 saturated carbocycles. The zero-order valence-corrected chi connectivity index (χ0v) is 13.7. The zero-order valence-electron chi connectivity index (χ0n) is 13.7. The summed E-state index contributed by atoms with van der Waals surface area (Å²) in [5, 5.41) is 0. The summed E-state index contributed by atoms with van der Waals surface area (Å²) in [4.78, 5) is 23.1. The molecule has 0 aliphatic carbocycles. The summed E-state index contributed by atoms with van der Waals surface area (Å²) in [7, 11) is 0. The van der Waals surface area contributed by atoms with Crippen molar-refractivity contribution in [2.24, 2.45) is 5.92 Å². The highest BCUT2D eigenvalue weighted by atomic mass is 16.6. The van der Waals surface area contributed by atoms with Crippen LogP contribution in [0.4, 0.5) is 0 Å². The van der Waals surface area contributed by atoms with Gasteiger partial charge in [0.2, 0.25) is 0 Å². The van der Waals surface area contributed by atoms with E-state index in [0.29, 0.717) is 13.0 Å². The number of unbranched alkanes of at least 4 members (excludes halogenated alkanes) is 2. The monoisotopic (exact) mass is 286 g/mol. The number of hydrogen-bond acceptors (Lipinski definition) is 4. The molecule has 1 atom stereocenters. The fraction of sp³-hybridized carbons (Fsp3) is 0.875. The molecule has 20 heavy (non-hydrogen) atoms. The van der Waals surface area contributed by atoms with Crippen molar-refractivity contribution in [1.29, 1.82) is 0 Å². The van der Waals surface area contributed by atoms with Crippen LogP contribution in [0.15, 0.2) is 0 Å². The van der Waals surface area contributed by atoms with Crippen LogP contribution < -0.4 is 0 Å². The van der Waals surface area contributed by atoms with Gasteiger partial charge in [0.05, 0.1) is 12.5 Å². The average molecular weight is 286 g/mol. The fourth-order valence-electron chi connectivity index (χ4n) is 1.94. The quantitative estimate of drug-likeness (QED) is 0.477. The Kier molecular flexibility index (Phi) is 9.26. The second kappa shape index (κ2) is 9.78. The van der Waals surface area contributed by atoms with E-state index in [9.17, 15) is 9.59 Å². The Morgan fingerprint density at radius 1 is 1.05 bits per heavy atom. The topological polar surface area (TPSA) is 52.6 Å². The molecule has 0 aliphatic heterocycles. The molecule has 0 fully saturated rings. The Balaban J connectivity index is 3.85. The third-order valence-electron chi connectivity index (χ3n) is 2.97. The van der Waals surface area contributed by atoms with E-state index in [1.807, 2.05) is 34.6 Å². The van der Waals surface area contributed by atoms with Crippen LogP contribution in [0, 0.1) is 5.92 Å². The Labute approximate surface area is 123 Å². The predicted molar refractivity (Wildman–Crippen MR) is 79.3 cm³/mol. The Morgan fingerprint density at radius 3 is 2.20 bits per heavy atom. The molecule has 0 aromatic carbocycles. The molecule has 0 aliphatic rings. The Hall–Kier alpha value is -1.06. The van der Waals surface area contributed by atoms with Gasteiger partial charge < -0.3 is 9.47 Å². The van der Waals surface area contributed by atoms with Gasteiger partial charge in [-0.3, -0.25) is 9.59 Å². The molecule has 0 aromatic rings. The third kappa shape index (κ3) is 9.82. The standard InChI is InChI=1S/C16H30O4/c1-6-13(15(18)20-16(3,4)5)11-9-8-10-12-14(17)19-7-2/h13H,6-12H2,1-5H3. The van der Waals surface area contributed by atoms with Crippen LogP contribution in [0.5, 0.6) is 0 Å². The highest BCUT2D eigenvalue weighted by Gasteiger charge is 2.23. The van der Waals surface area contributed by atoms with Gasteiger partial charge in [-0.25, -0.2) is 0 Å². The van der Waals surface area contributed by atoms with E-state index < -0.39 is 5.60 Å². The van der Waals surface area contributed by atoms with Gasteiger partial charge in [0.25, 0.3) is 0 Å². The molecule has 4 nitrogen and oxygen atoms in total. The van der Waals surface area contributed by atoms with Gasteiger partial charge in [-0.2, -0.15) is 0 Å². The second-order valence-electron chi connectivity index (χ2n) is 6.04. The first-order valence-corrected chi connectivity index (χ1v) is 7.68. The van der Waals surface area contributed by atoms with Crippen molar-refractivity contribution in [3.05, 3.63) is 0 Å². The number of carbonyl (C=O) groups excluding carboxylic acids is 2. The number of esters is 2. The highest BCUT2D eigenvalue weighted by molar-refractivity contribution is 5.72. The lowest BCUT2D eigenvalue weighted by Gasteiger charge is -2.23. The first kappa shape index (κ1) is 18.9. The number of ether oxygens (including phenoxy) is 2. The van der Waals surface area contributed by atoms with Gasteiger partial charge >= 0.3 is 11.9 Å². The molecule has 0 saturated heterocycles. The summed E-state index contributed by atoms with van der Waals surface area (Å²) < 4.78 is 10.3. The molecular weight excluding hydrogens is 256 g/mol. The van der Waals surface area contributed by atoms with Gasteiger partial charge in [-0.05, 0) is 47.0 Å². The molecular formula is C16H30O4. The van der Waals surface area contributed by atoms with Crippen molar-refractivity contribution in [2.45, 2.75) is 78.7 Å². The van der Waals surface area contributed by atoms with E-state index in [4.69, 9.17) is 9.47 Å². The van der Waals surface area contributed by atoms with Crippen LogP contribution >= 0.6 is 0 Å². The van der Waals surface area contributed by atoms with Crippen LogP contribution in [-0.2, 0) is 19.1 Å². The average Bonchev–Trinajstić information content (AvgIpc) is 2.31. The second-order valence-corrected chi connectivity index (χ2v) is 6.04. The van der Waals surface area contributed by atoms with E-state index in [1.165, 1.54) is 0 Å². The molecule has 0 bridgehead atoms. The maximum Gasteiger partial charge on any atom is 0.309 e. The van der Waals surface area contributed by atoms with Crippen molar-refractivity contribution in [3.8, 4) is 0 Å². The van der Waals surface area contributed by atoms with E-state index in [2.05, 4.69) is 0 Å². The minimum atomic E-state index is -0.422. The molecule has 4 heteroatoms. The van der Waals surface area contributed by atoms with Crippen LogP contribution in [0.1, 0.15) is 73.1 Å². The molecule has 1 unspecified atom stereocenters. The van der Waals surface area contributed by atoms with Crippen LogP contribution in [-0.4, -0.2) is 24.1 Å². The van der Waals surface area contributed by atoms with E-state index >= 15 is 0 Å². The predicted octanol–water partition coefficient (Wildman–Crippen LogP) is 3.87. The molecule has 118 valence electrons. The molecule has 0 spiro atoms. The van der Waals surface area contributed by atoms with Crippen molar-refractivity contribution < 1.29 is 19.1 Å². The molecule has 0 aromatic heterocycles. The number of rotatable bonds is 9. The lowest BCUT2D eigenvalue weighted by atomic mass is 9.98. The Morgan fingerprint density at radius 2 is 1.70 bits per heavy atom. The smallest absolute Gasteiger partial charge is 0.309 e. The summed E-state index contributed by atoms with van der Waals surface area (Å²) in [6.45, 7) is 9.91. The SMILES string of the molecule is CCOC(=O)CCCCCC(CC)C(=O)OC(C)(C)C. The lowest BCUT2D eigenvalue weighted by Crippen LogP contribution is -2.28. The van der Waals surface area contributed by atoms with E-state index in [1.54, 1.807) is 0 Å². The molecule has 0 amide bonds. The minimum Gasteiger partial charge on any atom is -0.466 e. The zero-order chi connectivity index (χ0) is 15.6. The summed E-state index contributed by atoms with van der Waals surface area (Å²) in [5.41, 5.74) is -0.422. The van der Waals surface area contributed by atoms with Crippen LogP contribution in [0.2, 0.25) is 0 Å². The van der Waals surface area contributed by atoms with E-state index in [0.717, 1.165) is 32.1 Å². The van der Waals surface area contributed by atoms with Gasteiger partial charge in [-0.1, -0.05) is 19.8 Å². The Bertz CT molecular complexity index is 291. The van der Waals surface area contributed by atoms with Crippen molar-refractivity contribution in [1.82, 2.24) is 0 Å². The van der Waals surface area contributed by atoms with Gasteiger partial charge in [0.15, 0.2) is 0 Å². The summed E-state index contributed by atoms with van der Waals surface area (Å²) in [6, 6.07) is 0. The summed E-state index contributed by atoms with van der Waals surface area (Å²) in [6.07, 6.45) is 4.80. The molecule has 0 radical (unpaired) electrons. The van der Waals surface area contributed by atoms with Crippen LogP contribution in [0.3, 0.4) is 0 Å². The van der Waals surface area contributed by atoms with Gasteiger partial charge in [0.1, 0.15) is 5.60 Å².